The number of carbonyl (C=O) groups excluding carboxylic acids is 1. The van der Waals surface area contributed by atoms with Crippen molar-refractivity contribution in [2.24, 2.45) is 0 Å². The van der Waals surface area contributed by atoms with Crippen LogP contribution in [0.15, 0.2) is 54.6 Å². The third-order valence-electron chi connectivity index (χ3n) is 3.91. The smallest absolute Gasteiger partial charge is 0.257 e. The molecule has 0 aliphatic heterocycles. The molecule has 0 spiro atoms. The topological polar surface area (TPSA) is 65.4 Å². The van der Waals surface area contributed by atoms with E-state index in [1.165, 1.54) is 5.56 Å². The molecule has 0 aliphatic carbocycles. The average molecular weight is 351 g/mol. The lowest BCUT2D eigenvalue weighted by Gasteiger charge is -2.16. The van der Waals surface area contributed by atoms with Crippen LogP contribution < -0.4 is 10.1 Å². The van der Waals surface area contributed by atoms with Crippen molar-refractivity contribution in [2.45, 2.75) is 19.4 Å². The molecule has 0 unspecified atom stereocenters. The van der Waals surface area contributed by atoms with Gasteiger partial charge < -0.3 is 15.0 Å². The zero-order chi connectivity index (χ0) is 18.6. The van der Waals surface area contributed by atoms with Gasteiger partial charge in [0, 0.05) is 13.1 Å². The molecule has 0 aliphatic rings. The molecule has 5 heteroatoms. The highest BCUT2D eigenvalue weighted by Crippen LogP contribution is 2.12. The lowest BCUT2D eigenvalue weighted by Crippen LogP contribution is -2.31. The first-order valence-corrected chi connectivity index (χ1v) is 8.75. The first-order valence-electron chi connectivity index (χ1n) is 8.75. The van der Waals surface area contributed by atoms with Gasteiger partial charge in [0.15, 0.2) is 6.61 Å². The Hall–Kier alpha value is -2.84. The van der Waals surface area contributed by atoms with E-state index in [9.17, 15) is 4.79 Å². The van der Waals surface area contributed by atoms with Gasteiger partial charge in [-0.2, -0.15) is 5.26 Å². The van der Waals surface area contributed by atoms with Gasteiger partial charge in [-0.3, -0.25) is 4.79 Å². The minimum Gasteiger partial charge on any atom is -0.484 e. The molecule has 136 valence electrons. The minimum atomic E-state index is -0.128. The van der Waals surface area contributed by atoms with Gasteiger partial charge in [0.25, 0.3) is 5.91 Å². The summed E-state index contributed by atoms with van der Waals surface area (Å²) >= 11 is 0. The summed E-state index contributed by atoms with van der Waals surface area (Å²) < 4.78 is 5.45. The number of nitrogens with one attached hydrogen (secondary N) is 1. The fourth-order valence-corrected chi connectivity index (χ4v) is 2.55. The van der Waals surface area contributed by atoms with Crippen molar-refractivity contribution in [3.8, 4) is 11.8 Å². The highest BCUT2D eigenvalue weighted by atomic mass is 16.5. The molecule has 2 aromatic rings. The van der Waals surface area contributed by atoms with Crippen LogP contribution in [0.25, 0.3) is 0 Å². The van der Waals surface area contributed by atoms with Gasteiger partial charge in [-0.25, -0.2) is 0 Å². The van der Waals surface area contributed by atoms with E-state index >= 15 is 0 Å². The number of benzene rings is 2. The van der Waals surface area contributed by atoms with Crippen molar-refractivity contribution in [2.75, 3.05) is 26.7 Å². The molecular formula is C21H25N3O2. The van der Waals surface area contributed by atoms with E-state index in [4.69, 9.17) is 10.00 Å². The Labute approximate surface area is 155 Å². The van der Waals surface area contributed by atoms with E-state index in [-0.39, 0.29) is 12.5 Å². The van der Waals surface area contributed by atoms with Crippen molar-refractivity contribution < 1.29 is 9.53 Å². The Balaban J connectivity index is 1.58. The van der Waals surface area contributed by atoms with E-state index in [0.717, 1.165) is 25.1 Å². The van der Waals surface area contributed by atoms with Gasteiger partial charge in [0.05, 0.1) is 12.5 Å². The van der Waals surface area contributed by atoms with Crippen LogP contribution in [0, 0.1) is 11.3 Å². The molecule has 0 radical (unpaired) electrons. The number of nitriles is 1. The van der Waals surface area contributed by atoms with Gasteiger partial charge in [-0.1, -0.05) is 42.5 Å². The largest absolute Gasteiger partial charge is 0.484 e. The Morgan fingerprint density at radius 1 is 1.12 bits per heavy atom. The molecule has 0 saturated carbocycles. The summed E-state index contributed by atoms with van der Waals surface area (Å²) in [5.74, 6) is 0.501. The normalized spacial score (nSPS) is 10.3. The highest BCUT2D eigenvalue weighted by Gasteiger charge is 2.04. The summed E-state index contributed by atoms with van der Waals surface area (Å²) in [5, 5.41) is 11.5. The number of carbonyl (C=O) groups is 1. The first-order chi connectivity index (χ1) is 12.7. The number of hydrogen-bond donors (Lipinski definition) is 1. The van der Waals surface area contributed by atoms with Gasteiger partial charge in [-0.15, -0.1) is 0 Å². The predicted molar refractivity (Wildman–Crippen MR) is 102 cm³/mol. The lowest BCUT2D eigenvalue weighted by molar-refractivity contribution is -0.123. The lowest BCUT2D eigenvalue weighted by atomic mass is 10.2. The SMILES string of the molecule is CN(CCCNC(=O)COc1ccc(CC#N)cc1)Cc1ccccc1. The molecule has 0 fully saturated rings. The molecule has 1 amide bonds. The molecule has 0 atom stereocenters. The molecule has 2 rings (SSSR count). The summed E-state index contributed by atoms with van der Waals surface area (Å²) in [5.41, 5.74) is 2.22. The van der Waals surface area contributed by atoms with Gasteiger partial charge >= 0.3 is 0 Å². The zero-order valence-corrected chi connectivity index (χ0v) is 15.1. The predicted octanol–water partition coefficient (Wildman–Crippen LogP) is 2.77. The van der Waals surface area contributed by atoms with Crippen LogP contribution >= 0.6 is 0 Å². The second kappa shape index (κ2) is 10.9. The second-order valence-electron chi connectivity index (χ2n) is 6.19. The summed E-state index contributed by atoms with van der Waals surface area (Å²) in [6.45, 7) is 2.44. The Kier molecular flexibility index (Phi) is 8.17. The molecule has 1 N–H and O–H groups in total. The van der Waals surface area contributed by atoms with E-state index in [1.807, 2.05) is 30.3 Å². The van der Waals surface area contributed by atoms with Crippen LogP contribution in [-0.4, -0.2) is 37.6 Å². The highest BCUT2D eigenvalue weighted by molar-refractivity contribution is 5.77. The number of amides is 1. The third kappa shape index (κ3) is 7.37. The number of hydrogen-bond acceptors (Lipinski definition) is 4. The maximum Gasteiger partial charge on any atom is 0.257 e. The van der Waals surface area contributed by atoms with Gasteiger partial charge in [-0.05, 0) is 43.3 Å². The molecule has 5 nitrogen and oxygen atoms in total. The van der Waals surface area contributed by atoms with Crippen LogP contribution in [0.4, 0.5) is 0 Å². The quantitative estimate of drug-likeness (QED) is 0.669. The summed E-state index contributed by atoms with van der Waals surface area (Å²) in [6.07, 6.45) is 1.26. The molecule has 0 saturated heterocycles. The second-order valence-corrected chi connectivity index (χ2v) is 6.19. The fourth-order valence-electron chi connectivity index (χ4n) is 2.55. The van der Waals surface area contributed by atoms with Crippen LogP contribution in [-0.2, 0) is 17.8 Å². The van der Waals surface area contributed by atoms with E-state index in [1.54, 1.807) is 12.1 Å². The van der Waals surface area contributed by atoms with Crippen LogP contribution in [0.1, 0.15) is 17.5 Å². The van der Waals surface area contributed by atoms with Crippen LogP contribution in [0.5, 0.6) is 5.75 Å². The third-order valence-corrected chi connectivity index (χ3v) is 3.91. The number of nitrogens with zero attached hydrogens (tertiary/aromatic N) is 2. The van der Waals surface area contributed by atoms with Crippen molar-refractivity contribution in [1.29, 1.82) is 5.26 Å². The van der Waals surface area contributed by atoms with Crippen molar-refractivity contribution >= 4 is 5.91 Å². The zero-order valence-electron chi connectivity index (χ0n) is 15.1. The van der Waals surface area contributed by atoms with E-state index < -0.39 is 0 Å². The van der Waals surface area contributed by atoms with Crippen molar-refractivity contribution in [3.63, 3.8) is 0 Å². The number of rotatable bonds is 10. The van der Waals surface area contributed by atoms with E-state index in [2.05, 4.69) is 35.5 Å². The standard InChI is InChI=1S/C21H25N3O2/c1-24(16-19-6-3-2-4-7-19)15-5-14-23-21(25)17-26-20-10-8-18(9-11-20)12-13-22/h2-4,6-11H,5,12,14-17H2,1H3,(H,23,25). The van der Waals surface area contributed by atoms with E-state index in [0.29, 0.717) is 18.7 Å². The van der Waals surface area contributed by atoms with Crippen molar-refractivity contribution in [1.82, 2.24) is 10.2 Å². The molecule has 26 heavy (non-hydrogen) atoms. The maximum atomic E-state index is 11.8. The first kappa shape index (κ1) is 19.5. The minimum absolute atomic E-state index is 0.00253. The Bertz CT molecular complexity index is 708. The molecule has 0 aromatic heterocycles. The Morgan fingerprint density at radius 2 is 1.85 bits per heavy atom. The van der Waals surface area contributed by atoms with Crippen molar-refractivity contribution in [3.05, 3.63) is 65.7 Å². The fraction of sp³-hybridized carbons (Fsp3) is 0.333. The van der Waals surface area contributed by atoms with Crippen LogP contribution in [0.2, 0.25) is 0 Å². The van der Waals surface area contributed by atoms with Gasteiger partial charge in [0.2, 0.25) is 0 Å². The monoisotopic (exact) mass is 351 g/mol. The maximum absolute atomic E-state index is 11.8. The number of ether oxygens (including phenoxy) is 1. The molecule has 2 aromatic carbocycles. The van der Waals surface area contributed by atoms with Crippen LogP contribution in [0.3, 0.4) is 0 Å². The molecule has 0 heterocycles. The molecule has 0 bridgehead atoms. The summed E-state index contributed by atoms with van der Waals surface area (Å²) in [7, 11) is 2.08. The molecular weight excluding hydrogens is 326 g/mol. The summed E-state index contributed by atoms with van der Waals surface area (Å²) in [4.78, 5) is 14.1. The Morgan fingerprint density at radius 3 is 2.54 bits per heavy atom. The average Bonchev–Trinajstić information content (AvgIpc) is 2.66. The summed E-state index contributed by atoms with van der Waals surface area (Å²) in [6, 6.07) is 19.6. The van der Waals surface area contributed by atoms with Gasteiger partial charge in [0.1, 0.15) is 5.75 Å².